The second-order valence-electron chi connectivity index (χ2n) is 3.90. The van der Waals surface area contributed by atoms with E-state index in [0.717, 1.165) is 31.1 Å². The van der Waals surface area contributed by atoms with Crippen LogP contribution in [0.25, 0.3) is 0 Å². The lowest BCUT2D eigenvalue weighted by atomic mass is 10.1. The first kappa shape index (κ1) is 11.4. The van der Waals surface area contributed by atoms with Crippen LogP contribution in [0.1, 0.15) is 22.5 Å². The molecule has 1 saturated heterocycles. The van der Waals surface area contributed by atoms with Crippen LogP contribution in [0, 0.1) is 0 Å². The Hall–Kier alpha value is -1.07. The molecule has 1 aromatic rings. The normalized spacial score (nSPS) is 17.3. The quantitative estimate of drug-likeness (QED) is 0.880. The zero-order chi connectivity index (χ0) is 11.5. The Balaban J connectivity index is 2.07. The van der Waals surface area contributed by atoms with E-state index in [-0.39, 0.29) is 0 Å². The van der Waals surface area contributed by atoms with Crippen LogP contribution in [0.5, 0.6) is 0 Å². The average molecular weight is 241 g/mol. The number of nitrogens with zero attached hydrogens (tertiary/aromatic N) is 1. The molecule has 1 N–H and O–H groups in total. The van der Waals surface area contributed by atoms with Crippen molar-refractivity contribution in [2.45, 2.75) is 18.9 Å². The fourth-order valence-corrected chi connectivity index (χ4v) is 2.76. The molecule has 0 unspecified atom stereocenters. The first-order valence-corrected chi connectivity index (χ1v) is 6.14. The van der Waals surface area contributed by atoms with Crippen LogP contribution in [-0.4, -0.2) is 37.4 Å². The summed E-state index contributed by atoms with van der Waals surface area (Å²) in [6.07, 6.45) is 2.02. The van der Waals surface area contributed by atoms with E-state index in [1.165, 1.54) is 11.3 Å². The van der Waals surface area contributed by atoms with Crippen molar-refractivity contribution >= 4 is 22.3 Å². The SMILES string of the molecule is CN(c1ccc(C(=O)O)s1)C1CCOCC1. The topological polar surface area (TPSA) is 49.8 Å². The maximum absolute atomic E-state index is 10.8. The largest absolute Gasteiger partial charge is 0.477 e. The van der Waals surface area contributed by atoms with Crippen molar-refractivity contribution in [2.75, 3.05) is 25.2 Å². The molecule has 2 heterocycles. The Labute approximate surface area is 98.4 Å². The van der Waals surface area contributed by atoms with Crippen LogP contribution in [0.4, 0.5) is 5.00 Å². The zero-order valence-corrected chi connectivity index (χ0v) is 10.00. The van der Waals surface area contributed by atoms with Crippen molar-refractivity contribution < 1.29 is 14.6 Å². The van der Waals surface area contributed by atoms with Gasteiger partial charge in [0.05, 0.1) is 5.00 Å². The molecule has 0 radical (unpaired) electrons. The Morgan fingerprint density at radius 2 is 2.19 bits per heavy atom. The predicted molar refractivity (Wildman–Crippen MR) is 63.5 cm³/mol. The van der Waals surface area contributed by atoms with Gasteiger partial charge in [-0.1, -0.05) is 0 Å². The Morgan fingerprint density at radius 1 is 1.50 bits per heavy atom. The molecule has 0 aromatic carbocycles. The molecule has 4 nitrogen and oxygen atoms in total. The second kappa shape index (κ2) is 4.84. The fraction of sp³-hybridized carbons (Fsp3) is 0.545. The van der Waals surface area contributed by atoms with E-state index < -0.39 is 5.97 Å². The van der Waals surface area contributed by atoms with Gasteiger partial charge >= 0.3 is 5.97 Å². The van der Waals surface area contributed by atoms with Gasteiger partial charge in [0.25, 0.3) is 0 Å². The fourth-order valence-electron chi connectivity index (χ4n) is 1.88. The maximum Gasteiger partial charge on any atom is 0.345 e. The van der Waals surface area contributed by atoms with Gasteiger partial charge in [0.1, 0.15) is 4.88 Å². The summed E-state index contributed by atoms with van der Waals surface area (Å²) in [5.74, 6) is -0.850. The molecule has 0 amide bonds. The lowest BCUT2D eigenvalue weighted by Crippen LogP contribution is -2.36. The third kappa shape index (κ3) is 2.36. The van der Waals surface area contributed by atoms with E-state index >= 15 is 0 Å². The van der Waals surface area contributed by atoms with Crippen molar-refractivity contribution in [3.63, 3.8) is 0 Å². The van der Waals surface area contributed by atoms with Crippen LogP contribution in [0.2, 0.25) is 0 Å². The number of anilines is 1. The number of hydrogen-bond donors (Lipinski definition) is 1. The maximum atomic E-state index is 10.8. The summed E-state index contributed by atoms with van der Waals surface area (Å²) in [4.78, 5) is 13.3. The average Bonchev–Trinajstić information content (AvgIpc) is 2.78. The van der Waals surface area contributed by atoms with Gasteiger partial charge in [0.2, 0.25) is 0 Å². The number of ether oxygens (including phenoxy) is 1. The molecule has 0 spiro atoms. The molecule has 0 bridgehead atoms. The molecule has 0 saturated carbocycles. The first-order valence-electron chi connectivity index (χ1n) is 5.32. The summed E-state index contributed by atoms with van der Waals surface area (Å²) in [7, 11) is 2.02. The Kier molecular flexibility index (Phi) is 3.46. The molecular formula is C11H15NO3S. The van der Waals surface area contributed by atoms with E-state index in [1.54, 1.807) is 6.07 Å². The molecule has 0 aliphatic carbocycles. The van der Waals surface area contributed by atoms with Crippen LogP contribution in [-0.2, 0) is 4.74 Å². The van der Waals surface area contributed by atoms with E-state index in [4.69, 9.17) is 9.84 Å². The minimum Gasteiger partial charge on any atom is -0.477 e. The summed E-state index contributed by atoms with van der Waals surface area (Å²) < 4.78 is 5.31. The smallest absolute Gasteiger partial charge is 0.345 e. The molecule has 1 aliphatic heterocycles. The lowest BCUT2D eigenvalue weighted by Gasteiger charge is -2.31. The highest BCUT2D eigenvalue weighted by Gasteiger charge is 2.20. The molecule has 88 valence electrons. The number of rotatable bonds is 3. The van der Waals surface area contributed by atoms with Gasteiger partial charge in [0.15, 0.2) is 0 Å². The molecule has 1 aliphatic rings. The number of aromatic carboxylic acids is 1. The number of carbonyl (C=O) groups is 1. The van der Waals surface area contributed by atoms with Gasteiger partial charge in [-0.3, -0.25) is 0 Å². The second-order valence-corrected chi connectivity index (χ2v) is 4.96. The number of carboxylic acids is 1. The van der Waals surface area contributed by atoms with Gasteiger partial charge in [-0.15, -0.1) is 11.3 Å². The van der Waals surface area contributed by atoms with Gasteiger partial charge in [0, 0.05) is 26.3 Å². The third-order valence-corrected chi connectivity index (χ3v) is 4.05. The van der Waals surface area contributed by atoms with E-state index in [9.17, 15) is 4.79 Å². The highest BCUT2D eigenvalue weighted by Crippen LogP contribution is 2.28. The summed E-state index contributed by atoms with van der Waals surface area (Å²) in [5.41, 5.74) is 0. The van der Waals surface area contributed by atoms with Crippen molar-refractivity contribution in [1.82, 2.24) is 0 Å². The van der Waals surface area contributed by atoms with Crippen molar-refractivity contribution in [2.24, 2.45) is 0 Å². The van der Waals surface area contributed by atoms with Crippen LogP contribution < -0.4 is 4.90 Å². The number of thiophene rings is 1. The van der Waals surface area contributed by atoms with Crippen LogP contribution >= 0.6 is 11.3 Å². The highest BCUT2D eigenvalue weighted by molar-refractivity contribution is 7.17. The van der Waals surface area contributed by atoms with Crippen LogP contribution in [0.15, 0.2) is 12.1 Å². The third-order valence-electron chi connectivity index (χ3n) is 2.89. The van der Waals surface area contributed by atoms with E-state index in [2.05, 4.69) is 4.90 Å². The summed E-state index contributed by atoms with van der Waals surface area (Å²) >= 11 is 1.33. The molecule has 0 atom stereocenters. The van der Waals surface area contributed by atoms with Gasteiger partial charge in [-0.2, -0.15) is 0 Å². The van der Waals surface area contributed by atoms with Crippen molar-refractivity contribution in [3.8, 4) is 0 Å². The molecule has 5 heteroatoms. The van der Waals surface area contributed by atoms with Gasteiger partial charge in [-0.05, 0) is 25.0 Å². The minimum atomic E-state index is -0.850. The molecular weight excluding hydrogens is 226 g/mol. The minimum absolute atomic E-state index is 0.397. The number of hydrogen-bond acceptors (Lipinski definition) is 4. The Bertz CT molecular complexity index is 371. The summed E-state index contributed by atoms with van der Waals surface area (Å²) in [6, 6.07) is 4.01. The van der Waals surface area contributed by atoms with Gasteiger partial charge < -0.3 is 14.7 Å². The summed E-state index contributed by atoms with van der Waals surface area (Å²) in [6.45, 7) is 1.60. The standard InChI is InChI=1S/C11H15NO3S/c1-12(8-4-6-15-7-5-8)10-3-2-9(16-10)11(13)14/h2-3,8H,4-7H2,1H3,(H,13,14). The highest BCUT2D eigenvalue weighted by atomic mass is 32.1. The first-order chi connectivity index (χ1) is 7.68. The lowest BCUT2D eigenvalue weighted by molar-refractivity contribution is 0.0702. The van der Waals surface area contributed by atoms with Crippen molar-refractivity contribution in [1.29, 1.82) is 0 Å². The molecule has 16 heavy (non-hydrogen) atoms. The summed E-state index contributed by atoms with van der Waals surface area (Å²) in [5, 5.41) is 9.88. The molecule has 1 fully saturated rings. The van der Waals surface area contributed by atoms with E-state index in [1.807, 2.05) is 13.1 Å². The van der Waals surface area contributed by atoms with E-state index in [0.29, 0.717) is 10.9 Å². The molecule has 2 rings (SSSR count). The predicted octanol–water partition coefficient (Wildman–Crippen LogP) is 2.06. The Morgan fingerprint density at radius 3 is 2.75 bits per heavy atom. The van der Waals surface area contributed by atoms with Crippen molar-refractivity contribution in [3.05, 3.63) is 17.0 Å². The van der Waals surface area contributed by atoms with Crippen LogP contribution in [0.3, 0.4) is 0 Å². The molecule has 1 aromatic heterocycles. The monoisotopic (exact) mass is 241 g/mol. The number of carboxylic acid groups (broad SMARTS) is 1. The zero-order valence-electron chi connectivity index (χ0n) is 9.18. The van der Waals surface area contributed by atoms with Gasteiger partial charge in [-0.25, -0.2) is 4.79 Å².